The standard InChI is InChI=1S/C16H23N3O2/c1-5-16(2,3)19(4)10-13-14(15(20)18-17)11-8-6-7-9-12(11)21-13/h6-9H,5,10,17H2,1-4H3,(H,18,20). The van der Waals surface area contributed by atoms with Crippen LogP contribution in [0.5, 0.6) is 0 Å². The fourth-order valence-electron chi connectivity index (χ4n) is 2.23. The Labute approximate surface area is 125 Å². The van der Waals surface area contributed by atoms with Gasteiger partial charge in [-0.25, -0.2) is 5.84 Å². The second-order valence-electron chi connectivity index (χ2n) is 5.89. The van der Waals surface area contributed by atoms with Gasteiger partial charge in [0.05, 0.1) is 12.1 Å². The molecule has 0 aliphatic rings. The summed E-state index contributed by atoms with van der Waals surface area (Å²) in [6.45, 7) is 7.03. The maximum atomic E-state index is 12.1. The molecule has 0 spiro atoms. The van der Waals surface area contributed by atoms with Gasteiger partial charge in [-0.3, -0.25) is 15.1 Å². The lowest BCUT2D eigenvalue weighted by Crippen LogP contribution is -2.40. The normalized spacial score (nSPS) is 12.1. The number of nitrogens with two attached hydrogens (primary N) is 1. The van der Waals surface area contributed by atoms with Crippen molar-refractivity contribution in [2.45, 2.75) is 39.3 Å². The second kappa shape index (κ2) is 5.87. The Hall–Kier alpha value is -1.85. The molecule has 5 nitrogen and oxygen atoms in total. The Bertz CT molecular complexity index is 646. The van der Waals surface area contributed by atoms with Crippen LogP contribution >= 0.6 is 0 Å². The van der Waals surface area contributed by atoms with Crippen molar-refractivity contribution in [1.29, 1.82) is 0 Å². The molecule has 0 radical (unpaired) electrons. The van der Waals surface area contributed by atoms with Crippen molar-refractivity contribution in [1.82, 2.24) is 10.3 Å². The number of hydrazine groups is 1. The van der Waals surface area contributed by atoms with E-state index in [4.69, 9.17) is 10.3 Å². The van der Waals surface area contributed by atoms with Crippen molar-refractivity contribution in [3.05, 3.63) is 35.6 Å². The molecule has 5 heteroatoms. The summed E-state index contributed by atoms with van der Waals surface area (Å²) in [6, 6.07) is 7.50. The average molecular weight is 289 g/mol. The number of carbonyl (C=O) groups excluding carboxylic acids is 1. The van der Waals surface area contributed by atoms with Crippen LogP contribution in [0.2, 0.25) is 0 Å². The predicted molar refractivity (Wildman–Crippen MR) is 83.7 cm³/mol. The van der Waals surface area contributed by atoms with Crippen molar-refractivity contribution in [2.24, 2.45) is 5.84 Å². The summed E-state index contributed by atoms with van der Waals surface area (Å²) in [5.41, 5.74) is 3.45. The fraction of sp³-hybridized carbons (Fsp3) is 0.438. The zero-order chi connectivity index (χ0) is 15.6. The van der Waals surface area contributed by atoms with Gasteiger partial charge in [-0.2, -0.15) is 0 Å². The third-order valence-electron chi connectivity index (χ3n) is 4.31. The molecule has 0 bridgehead atoms. The number of benzene rings is 1. The number of para-hydroxylation sites is 1. The lowest BCUT2D eigenvalue weighted by Gasteiger charge is -2.34. The number of hydrogen-bond donors (Lipinski definition) is 2. The maximum absolute atomic E-state index is 12.1. The third-order valence-corrected chi connectivity index (χ3v) is 4.31. The van der Waals surface area contributed by atoms with E-state index in [1.54, 1.807) is 0 Å². The lowest BCUT2D eigenvalue weighted by atomic mass is 9.99. The summed E-state index contributed by atoms with van der Waals surface area (Å²) in [6.07, 6.45) is 1.00. The average Bonchev–Trinajstić information content (AvgIpc) is 2.84. The smallest absolute Gasteiger partial charge is 0.269 e. The Kier molecular flexibility index (Phi) is 4.34. The first-order valence-corrected chi connectivity index (χ1v) is 7.13. The number of nitrogen functional groups attached to an aromatic ring is 1. The molecule has 114 valence electrons. The molecule has 2 aromatic rings. The molecule has 1 amide bonds. The molecule has 21 heavy (non-hydrogen) atoms. The molecule has 0 unspecified atom stereocenters. The van der Waals surface area contributed by atoms with Gasteiger partial charge in [-0.15, -0.1) is 0 Å². The van der Waals surface area contributed by atoms with Gasteiger partial charge in [0.1, 0.15) is 11.3 Å². The van der Waals surface area contributed by atoms with Crippen LogP contribution in [0.3, 0.4) is 0 Å². The van der Waals surface area contributed by atoms with E-state index in [1.807, 2.05) is 31.3 Å². The van der Waals surface area contributed by atoms with Crippen LogP contribution in [0.25, 0.3) is 11.0 Å². The molecule has 3 N–H and O–H groups in total. The molecule has 1 aromatic heterocycles. The minimum absolute atomic E-state index is 0.0232. The second-order valence-corrected chi connectivity index (χ2v) is 5.89. The number of rotatable bonds is 5. The van der Waals surface area contributed by atoms with Gasteiger partial charge < -0.3 is 4.42 Å². The summed E-state index contributed by atoms with van der Waals surface area (Å²) < 4.78 is 5.87. The van der Waals surface area contributed by atoms with E-state index in [9.17, 15) is 4.79 Å². The van der Waals surface area contributed by atoms with E-state index < -0.39 is 0 Å². The highest BCUT2D eigenvalue weighted by Crippen LogP contribution is 2.28. The number of nitrogens with one attached hydrogen (secondary N) is 1. The van der Waals surface area contributed by atoms with E-state index >= 15 is 0 Å². The van der Waals surface area contributed by atoms with Crippen molar-refractivity contribution in [2.75, 3.05) is 7.05 Å². The van der Waals surface area contributed by atoms with Crippen LogP contribution in [0.1, 0.15) is 43.3 Å². The van der Waals surface area contributed by atoms with E-state index in [2.05, 4.69) is 31.1 Å². The van der Waals surface area contributed by atoms with E-state index in [-0.39, 0.29) is 11.4 Å². The van der Waals surface area contributed by atoms with Crippen LogP contribution in [0, 0.1) is 0 Å². The minimum Gasteiger partial charge on any atom is -0.459 e. The molecule has 1 heterocycles. The first kappa shape index (κ1) is 15.5. The Morgan fingerprint density at radius 2 is 2.05 bits per heavy atom. The molecule has 0 atom stereocenters. The fourth-order valence-corrected chi connectivity index (χ4v) is 2.23. The largest absolute Gasteiger partial charge is 0.459 e. The Balaban J connectivity index is 2.46. The first-order valence-electron chi connectivity index (χ1n) is 7.13. The van der Waals surface area contributed by atoms with Crippen molar-refractivity contribution in [3.63, 3.8) is 0 Å². The van der Waals surface area contributed by atoms with Crippen LogP contribution in [0.15, 0.2) is 28.7 Å². The third kappa shape index (κ3) is 2.94. The number of nitrogens with zero attached hydrogens (tertiary/aromatic N) is 1. The molecule has 0 fully saturated rings. The van der Waals surface area contributed by atoms with E-state index in [0.717, 1.165) is 11.8 Å². The topological polar surface area (TPSA) is 71.5 Å². The lowest BCUT2D eigenvalue weighted by molar-refractivity contribution is 0.0945. The molecule has 0 aliphatic carbocycles. The highest BCUT2D eigenvalue weighted by molar-refractivity contribution is 6.07. The van der Waals surface area contributed by atoms with Gasteiger partial charge >= 0.3 is 0 Å². The summed E-state index contributed by atoms with van der Waals surface area (Å²) in [5, 5.41) is 0.790. The number of fused-ring (bicyclic) bond motifs is 1. The van der Waals surface area contributed by atoms with Crippen molar-refractivity contribution < 1.29 is 9.21 Å². The zero-order valence-corrected chi connectivity index (χ0v) is 13.1. The van der Waals surface area contributed by atoms with Gasteiger partial charge in [0.2, 0.25) is 0 Å². The van der Waals surface area contributed by atoms with E-state index in [0.29, 0.717) is 23.5 Å². The highest BCUT2D eigenvalue weighted by Gasteiger charge is 2.26. The summed E-state index contributed by atoms with van der Waals surface area (Å²) in [5.74, 6) is 5.63. The number of carbonyl (C=O) groups is 1. The van der Waals surface area contributed by atoms with Crippen LogP contribution < -0.4 is 11.3 Å². The number of furan rings is 1. The van der Waals surface area contributed by atoms with Crippen LogP contribution in [0.4, 0.5) is 0 Å². The monoisotopic (exact) mass is 289 g/mol. The van der Waals surface area contributed by atoms with Crippen molar-refractivity contribution >= 4 is 16.9 Å². The SMILES string of the molecule is CCC(C)(C)N(C)Cc1oc2ccccc2c1C(=O)NN. The number of hydrogen-bond acceptors (Lipinski definition) is 4. The molecule has 1 aromatic carbocycles. The quantitative estimate of drug-likeness (QED) is 0.504. The van der Waals surface area contributed by atoms with Gasteiger partial charge in [0.15, 0.2) is 0 Å². The molecule has 0 saturated heterocycles. The summed E-state index contributed by atoms with van der Waals surface area (Å²) in [7, 11) is 2.03. The van der Waals surface area contributed by atoms with Gasteiger partial charge in [0.25, 0.3) is 5.91 Å². The zero-order valence-electron chi connectivity index (χ0n) is 13.1. The molecule has 0 aliphatic heterocycles. The molecular weight excluding hydrogens is 266 g/mol. The van der Waals surface area contributed by atoms with Crippen molar-refractivity contribution in [3.8, 4) is 0 Å². The van der Waals surface area contributed by atoms with E-state index in [1.165, 1.54) is 0 Å². The minimum atomic E-state index is -0.322. The first-order chi connectivity index (χ1) is 9.90. The van der Waals surface area contributed by atoms with Gasteiger partial charge in [-0.05, 0) is 33.4 Å². The Morgan fingerprint density at radius 3 is 2.67 bits per heavy atom. The maximum Gasteiger partial charge on any atom is 0.269 e. The van der Waals surface area contributed by atoms with Crippen LogP contribution in [-0.4, -0.2) is 23.4 Å². The molecule has 2 rings (SSSR count). The molecular formula is C16H23N3O2. The summed E-state index contributed by atoms with van der Waals surface area (Å²) >= 11 is 0. The summed E-state index contributed by atoms with van der Waals surface area (Å²) in [4.78, 5) is 14.3. The van der Waals surface area contributed by atoms with Gasteiger partial charge in [0, 0.05) is 10.9 Å². The number of amides is 1. The Morgan fingerprint density at radius 1 is 1.38 bits per heavy atom. The van der Waals surface area contributed by atoms with Crippen LogP contribution in [-0.2, 0) is 6.54 Å². The highest BCUT2D eigenvalue weighted by atomic mass is 16.3. The predicted octanol–water partition coefficient (Wildman–Crippen LogP) is 2.66. The molecule has 0 saturated carbocycles. The van der Waals surface area contributed by atoms with Gasteiger partial charge in [-0.1, -0.05) is 25.1 Å².